The molecule has 2 atom stereocenters. The minimum atomic E-state index is -0.297. The quantitative estimate of drug-likeness (QED) is 0.492. The van der Waals surface area contributed by atoms with Gasteiger partial charge < -0.3 is 5.32 Å². The third-order valence-electron chi connectivity index (χ3n) is 3.84. The van der Waals surface area contributed by atoms with Crippen molar-refractivity contribution in [2.24, 2.45) is 5.92 Å². The molecule has 0 aliphatic heterocycles. The highest BCUT2D eigenvalue weighted by Crippen LogP contribution is 2.33. The van der Waals surface area contributed by atoms with Gasteiger partial charge in [0.1, 0.15) is 0 Å². The van der Waals surface area contributed by atoms with Gasteiger partial charge in [0, 0.05) is 12.1 Å². The van der Waals surface area contributed by atoms with E-state index >= 15 is 0 Å². The second-order valence-corrected chi connectivity index (χ2v) is 6.08. The highest BCUT2D eigenvalue weighted by molar-refractivity contribution is 7.99. The van der Waals surface area contributed by atoms with Crippen LogP contribution >= 0.6 is 11.8 Å². The van der Waals surface area contributed by atoms with Gasteiger partial charge in [-0.3, -0.25) is 10.1 Å². The van der Waals surface area contributed by atoms with Crippen molar-refractivity contribution in [3.05, 3.63) is 34.4 Å². The molecule has 2 rings (SSSR count). The molecule has 1 N–H and O–H groups in total. The Bertz CT molecular complexity index is 439. The Labute approximate surface area is 118 Å². The molecular formula is C14H20N2O2S. The minimum Gasteiger partial charge on any atom is -0.317 e. The average molecular weight is 280 g/mol. The Morgan fingerprint density at radius 1 is 1.42 bits per heavy atom. The van der Waals surface area contributed by atoms with Gasteiger partial charge in [-0.2, -0.15) is 0 Å². The van der Waals surface area contributed by atoms with Gasteiger partial charge in [-0.05, 0) is 44.0 Å². The lowest BCUT2D eigenvalue weighted by Crippen LogP contribution is -2.29. The van der Waals surface area contributed by atoms with Crippen LogP contribution in [-0.2, 0) is 0 Å². The SMILES string of the molecule is CNC1CCCC1CCSc1ccccc1[N+](=O)[O-]. The highest BCUT2D eigenvalue weighted by atomic mass is 32.2. The smallest absolute Gasteiger partial charge is 0.282 e. The molecular weight excluding hydrogens is 260 g/mol. The van der Waals surface area contributed by atoms with Gasteiger partial charge in [0.2, 0.25) is 0 Å². The number of nitro benzene ring substituents is 1. The molecule has 19 heavy (non-hydrogen) atoms. The summed E-state index contributed by atoms with van der Waals surface area (Å²) >= 11 is 1.61. The van der Waals surface area contributed by atoms with E-state index in [0.29, 0.717) is 6.04 Å². The summed E-state index contributed by atoms with van der Waals surface area (Å²) in [5, 5.41) is 14.3. The maximum atomic E-state index is 10.9. The molecule has 5 heteroatoms. The number of thioether (sulfide) groups is 1. The summed E-state index contributed by atoms with van der Waals surface area (Å²) < 4.78 is 0. The van der Waals surface area contributed by atoms with E-state index in [2.05, 4.69) is 5.32 Å². The maximum Gasteiger partial charge on any atom is 0.282 e. The van der Waals surface area contributed by atoms with Gasteiger partial charge in [0.15, 0.2) is 0 Å². The molecule has 0 spiro atoms. The zero-order valence-corrected chi connectivity index (χ0v) is 12.0. The van der Waals surface area contributed by atoms with Crippen molar-refractivity contribution >= 4 is 17.4 Å². The Balaban J connectivity index is 1.87. The minimum absolute atomic E-state index is 0.226. The number of nitrogens with one attached hydrogen (secondary N) is 1. The van der Waals surface area contributed by atoms with E-state index < -0.39 is 0 Å². The molecule has 0 radical (unpaired) electrons. The topological polar surface area (TPSA) is 55.2 Å². The van der Waals surface area contributed by atoms with Gasteiger partial charge in [0.05, 0.1) is 9.82 Å². The van der Waals surface area contributed by atoms with E-state index in [1.54, 1.807) is 23.9 Å². The number of hydrogen-bond acceptors (Lipinski definition) is 4. The molecule has 1 aliphatic rings. The van der Waals surface area contributed by atoms with Crippen molar-refractivity contribution in [3.8, 4) is 0 Å². The lowest BCUT2D eigenvalue weighted by molar-refractivity contribution is -0.387. The van der Waals surface area contributed by atoms with Crippen LogP contribution in [0.2, 0.25) is 0 Å². The first-order valence-corrected chi connectivity index (χ1v) is 7.74. The van der Waals surface area contributed by atoms with Crippen LogP contribution in [0.1, 0.15) is 25.7 Å². The lowest BCUT2D eigenvalue weighted by atomic mass is 10.0. The molecule has 0 aromatic heterocycles. The number of para-hydroxylation sites is 1. The zero-order valence-electron chi connectivity index (χ0n) is 11.2. The predicted octanol–water partition coefficient (Wildman–Crippen LogP) is 3.47. The van der Waals surface area contributed by atoms with Crippen LogP contribution in [0.3, 0.4) is 0 Å². The summed E-state index contributed by atoms with van der Waals surface area (Å²) in [4.78, 5) is 11.4. The van der Waals surface area contributed by atoms with Gasteiger partial charge >= 0.3 is 0 Å². The summed E-state index contributed by atoms with van der Waals surface area (Å²) in [6.45, 7) is 0. The molecule has 0 amide bonds. The molecule has 1 aromatic carbocycles. The van der Waals surface area contributed by atoms with Crippen molar-refractivity contribution in [2.45, 2.75) is 36.6 Å². The third kappa shape index (κ3) is 3.70. The normalized spacial score (nSPS) is 22.6. The first-order valence-electron chi connectivity index (χ1n) is 6.76. The summed E-state index contributed by atoms with van der Waals surface area (Å²) in [7, 11) is 2.03. The number of hydrogen-bond donors (Lipinski definition) is 1. The third-order valence-corrected chi connectivity index (χ3v) is 4.93. The first kappa shape index (κ1) is 14.3. The van der Waals surface area contributed by atoms with Crippen LogP contribution in [0.15, 0.2) is 29.2 Å². The van der Waals surface area contributed by atoms with Gasteiger partial charge in [-0.25, -0.2) is 0 Å². The molecule has 104 valence electrons. The van der Waals surface area contributed by atoms with Gasteiger partial charge in [0.25, 0.3) is 5.69 Å². The van der Waals surface area contributed by atoms with Gasteiger partial charge in [-0.15, -0.1) is 11.8 Å². The number of benzene rings is 1. The molecule has 1 fully saturated rings. The molecule has 0 saturated heterocycles. The summed E-state index contributed by atoms with van der Waals surface area (Å²) in [5.74, 6) is 1.67. The van der Waals surface area contributed by atoms with Crippen LogP contribution in [0.4, 0.5) is 5.69 Å². The maximum absolute atomic E-state index is 10.9. The van der Waals surface area contributed by atoms with E-state index in [-0.39, 0.29) is 10.6 Å². The fourth-order valence-electron chi connectivity index (χ4n) is 2.81. The number of nitro groups is 1. The van der Waals surface area contributed by atoms with Crippen molar-refractivity contribution in [3.63, 3.8) is 0 Å². The second-order valence-electron chi connectivity index (χ2n) is 4.95. The predicted molar refractivity (Wildman–Crippen MR) is 78.6 cm³/mol. The molecule has 2 unspecified atom stereocenters. The standard InChI is InChI=1S/C14H20N2O2S/c1-15-12-6-4-5-11(12)9-10-19-14-8-3-2-7-13(14)16(17)18/h2-3,7-8,11-12,15H,4-6,9-10H2,1H3. The number of nitrogens with zero attached hydrogens (tertiary/aromatic N) is 1. The van der Waals surface area contributed by atoms with E-state index in [4.69, 9.17) is 0 Å². The molecule has 0 bridgehead atoms. The molecule has 1 aliphatic carbocycles. The fourth-order valence-corrected chi connectivity index (χ4v) is 3.92. The van der Waals surface area contributed by atoms with E-state index in [9.17, 15) is 10.1 Å². The van der Waals surface area contributed by atoms with Crippen molar-refractivity contribution in [2.75, 3.05) is 12.8 Å². The Hall–Kier alpha value is -1.07. The highest BCUT2D eigenvalue weighted by Gasteiger charge is 2.25. The van der Waals surface area contributed by atoms with Crippen LogP contribution in [-0.4, -0.2) is 23.8 Å². The Morgan fingerprint density at radius 2 is 2.21 bits per heavy atom. The largest absolute Gasteiger partial charge is 0.317 e. The fraction of sp³-hybridized carbons (Fsp3) is 0.571. The first-order chi connectivity index (χ1) is 9.22. The van der Waals surface area contributed by atoms with Crippen molar-refractivity contribution < 1.29 is 4.92 Å². The Morgan fingerprint density at radius 3 is 2.95 bits per heavy atom. The van der Waals surface area contributed by atoms with E-state index in [1.807, 2.05) is 19.2 Å². The van der Waals surface area contributed by atoms with Crippen LogP contribution in [0, 0.1) is 16.0 Å². The summed E-state index contributed by atoms with van der Waals surface area (Å²) in [6.07, 6.45) is 4.97. The average Bonchev–Trinajstić information content (AvgIpc) is 2.86. The molecule has 1 aromatic rings. The van der Waals surface area contributed by atoms with Gasteiger partial charge in [-0.1, -0.05) is 18.6 Å². The van der Waals surface area contributed by atoms with Crippen LogP contribution in [0.5, 0.6) is 0 Å². The van der Waals surface area contributed by atoms with Crippen LogP contribution < -0.4 is 5.32 Å². The second kappa shape index (κ2) is 6.91. The lowest BCUT2D eigenvalue weighted by Gasteiger charge is -2.18. The molecule has 4 nitrogen and oxygen atoms in total. The van der Waals surface area contributed by atoms with E-state index in [0.717, 1.165) is 23.0 Å². The van der Waals surface area contributed by atoms with Crippen molar-refractivity contribution in [1.29, 1.82) is 0 Å². The molecule has 1 saturated carbocycles. The summed E-state index contributed by atoms with van der Waals surface area (Å²) in [5.41, 5.74) is 0.226. The monoisotopic (exact) mass is 280 g/mol. The van der Waals surface area contributed by atoms with Crippen molar-refractivity contribution in [1.82, 2.24) is 5.32 Å². The zero-order chi connectivity index (χ0) is 13.7. The van der Waals surface area contributed by atoms with E-state index in [1.165, 1.54) is 19.3 Å². The summed E-state index contributed by atoms with van der Waals surface area (Å²) in [6, 6.07) is 7.63. The number of rotatable bonds is 6. The molecule has 0 heterocycles. The Kier molecular flexibility index (Phi) is 5.22. The van der Waals surface area contributed by atoms with Crippen LogP contribution in [0.25, 0.3) is 0 Å².